The SMILES string of the molecule is O=CN1CCN(c2ncc(O)c3c2C=CCN3Cc2cc(Cl)cc(Cl)c2)CC1. The molecule has 0 unspecified atom stereocenters. The molecule has 0 spiro atoms. The molecule has 0 bridgehead atoms. The molecule has 0 aliphatic carbocycles. The lowest BCUT2D eigenvalue weighted by Gasteiger charge is -2.36. The van der Waals surface area contributed by atoms with Crippen LogP contribution in [0, 0.1) is 0 Å². The van der Waals surface area contributed by atoms with Crippen molar-refractivity contribution in [3.05, 3.63) is 51.6 Å². The number of anilines is 2. The monoisotopic (exact) mass is 418 g/mol. The number of hydrogen-bond donors (Lipinski definition) is 1. The normalized spacial score (nSPS) is 16.3. The predicted octanol–water partition coefficient (Wildman–Crippen LogP) is 3.41. The molecule has 1 fully saturated rings. The maximum absolute atomic E-state index is 11.0. The summed E-state index contributed by atoms with van der Waals surface area (Å²) in [5.41, 5.74) is 2.61. The number of aromatic nitrogens is 1. The van der Waals surface area contributed by atoms with Crippen molar-refractivity contribution in [3.63, 3.8) is 0 Å². The van der Waals surface area contributed by atoms with E-state index in [0.29, 0.717) is 49.3 Å². The van der Waals surface area contributed by atoms with E-state index < -0.39 is 0 Å². The molecular weight excluding hydrogens is 399 g/mol. The minimum Gasteiger partial charge on any atom is -0.504 e. The molecule has 2 aliphatic rings. The zero-order chi connectivity index (χ0) is 19.7. The topological polar surface area (TPSA) is 59.9 Å². The third kappa shape index (κ3) is 3.75. The van der Waals surface area contributed by atoms with Gasteiger partial charge in [-0.25, -0.2) is 4.98 Å². The molecule has 1 saturated heterocycles. The molecule has 0 atom stereocenters. The third-order valence-electron chi connectivity index (χ3n) is 5.03. The maximum Gasteiger partial charge on any atom is 0.209 e. The number of rotatable bonds is 4. The van der Waals surface area contributed by atoms with Crippen LogP contribution >= 0.6 is 23.2 Å². The Hall–Kier alpha value is -2.44. The van der Waals surface area contributed by atoms with Crippen molar-refractivity contribution in [2.75, 3.05) is 42.5 Å². The summed E-state index contributed by atoms with van der Waals surface area (Å²) in [7, 11) is 0. The van der Waals surface area contributed by atoms with Crippen LogP contribution in [0.3, 0.4) is 0 Å². The highest BCUT2D eigenvalue weighted by Crippen LogP contribution is 2.40. The number of pyridine rings is 1. The van der Waals surface area contributed by atoms with Crippen LogP contribution < -0.4 is 9.80 Å². The fourth-order valence-electron chi connectivity index (χ4n) is 3.73. The number of fused-ring (bicyclic) bond motifs is 1. The van der Waals surface area contributed by atoms with Crippen molar-refractivity contribution in [3.8, 4) is 5.75 Å². The molecule has 1 aromatic heterocycles. The Morgan fingerprint density at radius 3 is 2.50 bits per heavy atom. The van der Waals surface area contributed by atoms with Gasteiger partial charge in [-0.05, 0) is 23.8 Å². The van der Waals surface area contributed by atoms with Crippen LogP contribution in [0.1, 0.15) is 11.1 Å². The molecular formula is C20H20Cl2N4O2. The van der Waals surface area contributed by atoms with Gasteiger partial charge in [-0.3, -0.25) is 4.79 Å². The number of benzene rings is 1. The first kappa shape index (κ1) is 18.9. The van der Waals surface area contributed by atoms with Gasteiger partial charge in [0.1, 0.15) is 5.82 Å². The van der Waals surface area contributed by atoms with Gasteiger partial charge < -0.3 is 19.8 Å². The van der Waals surface area contributed by atoms with E-state index in [-0.39, 0.29) is 5.75 Å². The highest BCUT2D eigenvalue weighted by atomic mass is 35.5. The van der Waals surface area contributed by atoms with Crippen LogP contribution in [0.2, 0.25) is 10.0 Å². The van der Waals surface area contributed by atoms with Crippen LogP contribution in [0.15, 0.2) is 30.5 Å². The summed E-state index contributed by atoms with van der Waals surface area (Å²) in [5.74, 6) is 0.964. The molecule has 0 saturated carbocycles. The number of carbonyl (C=O) groups is 1. The quantitative estimate of drug-likeness (QED) is 0.770. The molecule has 3 heterocycles. The van der Waals surface area contributed by atoms with Crippen molar-refractivity contribution in [2.24, 2.45) is 0 Å². The molecule has 1 amide bonds. The highest BCUT2D eigenvalue weighted by Gasteiger charge is 2.26. The Labute approximate surface area is 173 Å². The van der Waals surface area contributed by atoms with Gasteiger partial charge in [0.15, 0.2) is 5.75 Å². The van der Waals surface area contributed by atoms with Crippen molar-refractivity contribution in [1.29, 1.82) is 0 Å². The fourth-order valence-corrected chi connectivity index (χ4v) is 4.30. The molecule has 6 nitrogen and oxygen atoms in total. The Kier molecular flexibility index (Phi) is 5.33. The minimum atomic E-state index is 0.141. The Bertz CT molecular complexity index is 906. The van der Waals surface area contributed by atoms with Gasteiger partial charge in [-0.2, -0.15) is 0 Å². The van der Waals surface area contributed by atoms with E-state index in [4.69, 9.17) is 23.2 Å². The largest absolute Gasteiger partial charge is 0.504 e. The average molecular weight is 419 g/mol. The van der Waals surface area contributed by atoms with Crippen LogP contribution in [0.4, 0.5) is 11.5 Å². The number of nitrogens with zero attached hydrogens (tertiary/aromatic N) is 4. The van der Waals surface area contributed by atoms with Crippen LogP contribution in [-0.4, -0.2) is 54.1 Å². The van der Waals surface area contributed by atoms with Gasteiger partial charge in [-0.1, -0.05) is 35.4 Å². The summed E-state index contributed by atoms with van der Waals surface area (Å²) in [6.45, 7) is 3.96. The summed E-state index contributed by atoms with van der Waals surface area (Å²) < 4.78 is 0. The fraction of sp³-hybridized carbons (Fsp3) is 0.300. The van der Waals surface area contributed by atoms with Crippen molar-refractivity contribution >= 4 is 47.2 Å². The van der Waals surface area contributed by atoms with E-state index in [9.17, 15) is 9.90 Å². The Morgan fingerprint density at radius 1 is 1.11 bits per heavy atom. The molecule has 0 radical (unpaired) electrons. The van der Waals surface area contributed by atoms with Crippen molar-refractivity contribution in [1.82, 2.24) is 9.88 Å². The number of amides is 1. The van der Waals surface area contributed by atoms with E-state index in [1.54, 1.807) is 11.0 Å². The first-order chi connectivity index (χ1) is 13.5. The smallest absolute Gasteiger partial charge is 0.209 e. The number of halogens is 2. The Morgan fingerprint density at radius 2 is 1.82 bits per heavy atom. The van der Waals surface area contributed by atoms with Gasteiger partial charge in [-0.15, -0.1) is 0 Å². The minimum absolute atomic E-state index is 0.141. The summed E-state index contributed by atoms with van der Waals surface area (Å²) in [4.78, 5) is 21.4. The molecule has 4 rings (SSSR count). The number of hydrogen-bond acceptors (Lipinski definition) is 5. The van der Waals surface area contributed by atoms with Crippen molar-refractivity contribution < 1.29 is 9.90 Å². The van der Waals surface area contributed by atoms with Gasteiger partial charge in [0.2, 0.25) is 6.41 Å². The van der Waals surface area contributed by atoms with E-state index in [1.165, 1.54) is 6.20 Å². The Balaban J connectivity index is 1.65. The summed E-state index contributed by atoms with van der Waals surface area (Å²) in [6, 6.07) is 5.46. The van der Waals surface area contributed by atoms with Gasteiger partial charge in [0.05, 0.1) is 11.9 Å². The molecule has 1 aromatic carbocycles. The lowest BCUT2D eigenvalue weighted by atomic mass is 10.1. The molecule has 28 heavy (non-hydrogen) atoms. The standard InChI is InChI=1S/C20H20Cl2N4O2/c21-15-8-14(9-16(22)10-15)12-26-3-1-2-17-19(26)18(28)11-23-20(17)25-6-4-24(13-27)5-7-25/h1-2,8-11,13,28H,3-7,12H2. The predicted molar refractivity (Wildman–Crippen MR) is 112 cm³/mol. The van der Waals surface area contributed by atoms with Gasteiger partial charge in [0, 0.05) is 54.9 Å². The average Bonchev–Trinajstić information content (AvgIpc) is 2.68. The molecule has 8 heteroatoms. The number of piperazine rings is 1. The van der Waals surface area contributed by atoms with Crippen LogP contribution in [0.5, 0.6) is 5.75 Å². The first-order valence-electron chi connectivity index (χ1n) is 9.08. The number of aromatic hydroxyl groups is 1. The summed E-state index contributed by atoms with van der Waals surface area (Å²) in [6.07, 6.45) is 6.44. The molecule has 2 aliphatic heterocycles. The maximum atomic E-state index is 11.0. The van der Waals surface area contributed by atoms with E-state index >= 15 is 0 Å². The van der Waals surface area contributed by atoms with Gasteiger partial charge >= 0.3 is 0 Å². The van der Waals surface area contributed by atoms with E-state index in [0.717, 1.165) is 29.0 Å². The molecule has 1 N–H and O–H groups in total. The van der Waals surface area contributed by atoms with Crippen LogP contribution in [-0.2, 0) is 11.3 Å². The summed E-state index contributed by atoms with van der Waals surface area (Å²) in [5, 5.41) is 11.7. The number of carbonyl (C=O) groups excluding carboxylic acids is 1. The second-order valence-corrected chi connectivity index (χ2v) is 7.79. The van der Waals surface area contributed by atoms with Gasteiger partial charge in [0.25, 0.3) is 0 Å². The summed E-state index contributed by atoms with van der Waals surface area (Å²) >= 11 is 12.3. The third-order valence-corrected chi connectivity index (χ3v) is 5.47. The zero-order valence-corrected chi connectivity index (χ0v) is 16.7. The second kappa shape index (κ2) is 7.89. The van der Waals surface area contributed by atoms with E-state index in [1.807, 2.05) is 18.2 Å². The second-order valence-electron chi connectivity index (χ2n) is 6.92. The van der Waals surface area contributed by atoms with Crippen LogP contribution in [0.25, 0.3) is 6.08 Å². The lowest BCUT2D eigenvalue weighted by molar-refractivity contribution is -0.118. The first-order valence-corrected chi connectivity index (χ1v) is 9.83. The van der Waals surface area contributed by atoms with E-state index in [2.05, 4.69) is 20.9 Å². The lowest BCUT2D eigenvalue weighted by Crippen LogP contribution is -2.46. The van der Waals surface area contributed by atoms with Crippen molar-refractivity contribution in [2.45, 2.75) is 6.54 Å². The molecule has 2 aromatic rings. The highest BCUT2D eigenvalue weighted by molar-refractivity contribution is 6.34. The molecule has 146 valence electrons. The zero-order valence-electron chi connectivity index (χ0n) is 15.2.